The van der Waals surface area contributed by atoms with Crippen LogP contribution in [0.2, 0.25) is 0 Å². The van der Waals surface area contributed by atoms with Gasteiger partial charge in [-0.25, -0.2) is 4.21 Å². The van der Waals surface area contributed by atoms with Gasteiger partial charge in [-0.1, -0.05) is 0 Å². The van der Waals surface area contributed by atoms with E-state index >= 15 is 0 Å². The first kappa shape index (κ1) is 13.5. The average Bonchev–Trinajstić information content (AvgIpc) is 1.93. The van der Waals surface area contributed by atoms with E-state index in [1.807, 2.05) is 0 Å². The van der Waals surface area contributed by atoms with E-state index in [1.54, 1.807) is 24.3 Å². The summed E-state index contributed by atoms with van der Waals surface area (Å²) in [5.41, 5.74) is 0. The van der Waals surface area contributed by atoms with E-state index in [0.717, 1.165) is 3.57 Å². The fourth-order valence-corrected chi connectivity index (χ4v) is 1.20. The predicted octanol–water partition coefficient (Wildman–Crippen LogP) is -1.53. The Kier molecular flexibility index (Phi) is 7.74. The molecule has 0 aromatic heterocycles. The molecule has 3 nitrogen and oxygen atoms in total. The zero-order chi connectivity index (χ0) is 8.27. The first-order valence-electron chi connectivity index (χ1n) is 2.71. The Hall–Kier alpha value is 1.50. The second kappa shape index (κ2) is 6.88. The molecule has 1 rings (SSSR count). The van der Waals surface area contributed by atoms with E-state index in [2.05, 4.69) is 26.8 Å². The molecule has 0 aliphatic rings. The number of hydrogen-bond acceptors (Lipinski definition) is 3. The van der Waals surface area contributed by atoms with Gasteiger partial charge in [0.05, 0.1) is 0 Å². The molecule has 0 spiro atoms. The van der Waals surface area contributed by atoms with Crippen LogP contribution >= 0.6 is 22.6 Å². The van der Waals surface area contributed by atoms with E-state index in [1.165, 1.54) is 0 Å². The third-order valence-corrected chi connectivity index (χ3v) is 2.03. The first-order valence-corrected chi connectivity index (χ1v) is 4.79. The molecule has 1 aromatic rings. The average molecular weight is 322 g/mol. The molecular weight excluding hydrogens is 318 g/mol. The molecule has 0 fully saturated rings. The number of hydrogen-bond donors (Lipinski definition) is 0. The fraction of sp³-hybridized carbons (Fsp3) is 0. The van der Waals surface area contributed by atoms with E-state index in [0.29, 0.717) is 5.75 Å². The van der Waals surface area contributed by atoms with Gasteiger partial charge in [-0.05, 0) is 46.9 Å². The van der Waals surface area contributed by atoms with Crippen LogP contribution in [0.4, 0.5) is 0 Å². The van der Waals surface area contributed by atoms with Gasteiger partial charge >= 0.3 is 51.4 Å². The second-order valence-corrected chi connectivity index (χ2v) is 3.56. The zero-order valence-corrected chi connectivity index (χ0v) is 12.4. The van der Waals surface area contributed by atoms with E-state index < -0.39 is 11.4 Å². The SMILES string of the molecule is O=S([O-])Oc1ccc(I)cc1.[K+]. The molecule has 0 saturated heterocycles. The van der Waals surface area contributed by atoms with Crippen molar-refractivity contribution in [3.05, 3.63) is 27.8 Å². The van der Waals surface area contributed by atoms with Crippen LogP contribution in [0.15, 0.2) is 24.3 Å². The summed E-state index contributed by atoms with van der Waals surface area (Å²) in [6.45, 7) is 0. The van der Waals surface area contributed by atoms with Crippen LogP contribution < -0.4 is 55.6 Å². The van der Waals surface area contributed by atoms with E-state index in [-0.39, 0.29) is 51.4 Å². The van der Waals surface area contributed by atoms with Gasteiger partial charge in [0.1, 0.15) is 17.1 Å². The van der Waals surface area contributed by atoms with Crippen LogP contribution in [0.25, 0.3) is 0 Å². The van der Waals surface area contributed by atoms with Crippen LogP contribution in [0, 0.1) is 3.57 Å². The molecule has 60 valence electrons. The summed E-state index contributed by atoms with van der Waals surface area (Å²) in [6, 6.07) is 6.72. The van der Waals surface area contributed by atoms with Crippen molar-refractivity contribution in [2.45, 2.75) is 0 Å². The first-order chi connectivity index (χ1) is 5.18. The standard InChI is InChI=1S/C6H5IO3S.K/c7-5-1-3-6(4-2-5)10-11(8)9;/h1-4H,(H,8,9);/q;+1/p-1. The smallest absolute Gasteiger partial charge is 0.740 e. The quantitative estimate of drug-likeness (QED) is 0.377. The van der Waals surface area contributed by atoms with Crippen molar-refractivity contribution in [3.63, 3.8) is 0 Å². The molecule has 0 radical (unpaired) electrons. The minimum atomic E-state index is -2.48. The van der Waals surface area contributed by atoms with Gasteiger partial charge < -0.3 is 8.74 Å². The minimum absolute atomic E-state index is 0. The van der Waals surface area contributed by atoms with Gasteiger partial charge in [0, 0.05) is 3.57 Å². The van der Waals surface area contributed by atoms with Gasteiger partial charge in [-0.2, -0.15) is 0 Å². The van der Waals surface area contributed by atoms with E-state index in [9.17, 15) is 8.76 Å². The molecule has 1 aromatic carbocycles. The maximum atomic E-state index is 10.0. The Morgan fingerprint density at radius 3 is 2.25 bits per heavy atom. The molecular formula is C6H4IKO3S. The molecule has 0 aliphatic heterocycles. The molecule has 0 aliphatic carbocycles. The van der Waals surface area contributed by atoms with Gasteiger partial charge in [-0.3, -0.25) is 0 Å². The third kappa shape index (κ3) is 5.27. The van der Waals surface area contributed by atoms with Crippen molar-refractivity contribution in [2.75, 3.05) is 0 Å². The molecule has 0 heterocycles. The van der Waals surface area contributed by atoms with Crippen molar-refractivity contribution in [2.24, 2.45) is 0 Å². The monoisotopic (exact) mass is 322 g/mol. The molecule has 1 atom stereocenters. The molecule has 1 unspecified atom stereocenters. The Balaban J connectivity index is 0.00000121. The normalized spacial score (nSPS) is 11.5. The van der Waals surface area contributed by atoms with Crippen molar-refractivity contribution in [1.82, 2.24) is 0 Å². The van der Waals surface area contributed by atoms with Crippen LogP contribution in [0.1, 0.15) is 0 Å². The summed E-state index contributed by atoms with van der Waals surface area (Å²) in [5, 5.41) is 0. The largest absolute Gasteiger partial charge is 1.00 e. The second-order valence-electron chi connectivity index (χ2n) is 1.74. The van der Waals surface area contributed by atoms with E-state index in [4.69, 9.17) is 0 Å². The van der Waals surface area contributed by atoms with Crippen molar-refractivity contribution >= 4 is 34.0 Å². The maximum absolute atomic E-state index is 10.0. The van der Waals surface area contributed by atoms with Crippen molar-refractivity contribution in [1.29, 1.82) is 0 Å². The van der Waals surface area contributed by atoms with Crippen LogP contribution in [0.5, 0.6) is 5.75 Å². The molecule has 0 bridgehead atoms. The number of rotatable bonds is 2. The summed E-state index contributed by atoms with van der Waals surface area (Å²) >= 11 is -0.355. The zero-order valence-electron chi connectivity index (χ0n) is 6.32. The topological polar surface area (TPSA) is 49.4 Å². The summed E-state index contributed by atoms with van der Waals surface area (Å²) in [4.78, 5) is 0. The third-order valence-electron chi connectivity index (χ3n) is 0.978. The Morgan fingerprint density at radius 1 is 1.33 bits per heavy atom. The van der Waals surface area contributed by atoms with Crippen molar-refractivity contribution < 1.29 is 64.3 Å². The minimum Gasteiger partial charge on any atom is -0.740 e. The Bertz CT molecular complexity index is 264. The van der Waals surface area contributed by atoms with Crippen molar-refractivity contribution in [3.8, 4) is 5.75 Å². The fourth-order valence-electron chi connectivity index (χ4n) is 0.569. The molecule has 6 heteroatoms. The summed E-state index contributed by atoms with van der Waals surface area (Å²) in [6.07, 6.45) is 0. The van der Waals surface area contributed by atoms with Gasteiger partial charge in [0.25, 0.3) is 0 Å². The summed E-state index contributed by atoms with van der Waals surface area (Å²) in [5.74, 6) is 0.332. The Morgan fingerprint density at radius 2 is 1.83 bits per heavy atom. The predicted molar refractivity (Wildman–Crippen MR) is 48.7 cm³/mol. The van der Waals surface area contributed by atoms with Crippen LogP contribution in [-0.4, -0.2) is 8.76 Å². The summed E-state index contributed by atoms with van der Waals surface area (Å²) < 4.78 is 25.5. The number of benzene rings is 1. The molecule has 0 N–H and O–H groups in total. The molecule has 0 saturated carbocycles. The van der Waals surface area contributed by atoms with Crippen LogP contribution in [-0.2, 0) is 11.4 Å². The van der Waals surface area contributed by atoms with Gasteiger partial charge in [-0.15, -0.1) is 0 Å². The molecule has 12 heavy (non-hydrogen) atoms. The molecule has 0 amide bonds. The summed E-state index contributed by atoms with van der Waals surface area (Å²) in [7, 11) is 0. The Labute approximate surface area is 129 Å². The number of halogens is 1. The van der Waals surface area contributed by atoms with Gasteiger partial charge in [0.2, 0.25) is 0 Å². The van der Waals surface area contributed by atoms with Gasteiger partial charge in [0.15, 0.2) is 0 Å². The van der Waals surface area contributed by atoms with Crippen LogP contribution in [0.3, 0.4) is 0 Å². The maximum Gasteiger partial charge on any atom is 1.00 e.